The quantitative estimate of drug-likeness (QED) is 0.683. The molecule has 0 aromatic carbocycles. The predicted molar refractivity (Wildman–Crippen MR) is 100 cm³/mol. The van der Waals surface area contributed by atoms with E-state index in [1.807, 2.05) is 4.90 Å². The van der Waals surface area contributed by atoms with E-state index >= 15 is 0 Å². The maximum Gasteiger partial charge on any atom is 0.238 e. The molecule has 0 N–H and O–H groups in total. The average Bonchev–Trinajstić information content (AvgIpc) is 2.68. The molecule has 0 bridgehead atoms. The Balaban J connectivity index is 1.60. The van der Waals surface area contributed by atoms with Crippen LogP contribution in [0.3, 0.4) is 0 Å². The number of hydrogen-bond acceptors (Lipinski definition) is 7. The van der Waals surface area contributed by atoms with E-state index in [1.165, 1.54) is 0 Å². The molecule has 1 fully saturated rings. The minimum absolute atomic E-state index is 0.0727. The molecule has 1 saturated heterocycles. The van der Waals surface area contributed by atoms with Gasteiger partial charge in [-0.3, -0.25) is 9.78 Å². The summed E-state index contributed by atoms with van der Waals surface area (Å²) in [4.78, 5) is 28.9. The maximum absolute atomic E-state index is 12.6. The third-order valence-corrected chi connectivity index (χ3v) is 5.51. The first-order valence-electron chi connectivity index (χ1n) is 8.58. The summed E-state index contributed by atoms with van der Waals surface area (Å²) < 4.78 is 25.3. The number of hydrogen-bond donors (Lipinski definition) is 0. The van der Waals surface area contributed by atoms with Crippen LogP contribution in [0.25, 0.3) is 0 Å². The minimum atomic E-state index is -3.54. The summed E-state index contributed by atoms with van der Waals surface area (Å²) in [6.45, 7) is 2.08. The van der Waals surface area contributed by atoms with Gasteiger partial charge < -0.3 is 9.80 Å². The fraction of sp³-hybridized carbons (Fsp3) is 0.412. The molecule has 144 valence electrons. The zero-order valence-electron chi connectivity index (χ0n) is 15.1. The largest absolute Gasteiger partial charge is 0.338 e. The number of pyridine rings is 1. The third-order valence-electron chi connectivity index (χ3n) is 4.31. The van der Waals surface area contributed by atoms with Crippen LogP contribution in [0.2, 0.25) is 0 Å². The van der Waals surface area contributed by atoms with E-state index < -0.39 is 10.0 Å². The molecule has 0 atom stereocenters. The van der Waals surface area contributed by atoms with Crippen molar-refractivity contribution in [2.24, 2.45) is 0 Å². The van der Waals surface area contributed by atoms with Gasteiger partial charge in [0.2, 0.25) is 21.9 Å². The number of amides is 1. The number of carbonyl (C=O) groups excluding carboxylic acids is 1. The van der Waals surface area contributed by atoms with Crippen molar-refractivity contribution in [1.29, 1.82) is 0 Å². The van der Waals surface area contributed by atoms with E-state index in [0.717, 1.165) is 10.6 Å². The average molecular weight is 390 g/mol. The molecule has 0 saturated carbocycles. The van der Waals surface area contributed by atoms with Gasteiger partial charge in [-0.25, -0.2) is 18.4 Å². The second-order valence-corrected chi connectivity index (χ2v) is 8.25. The summed E-state index contributed by atoms with van der Waals surface area (Å²) in [6.07, 6.45) is 6.07. The second-order valence-electron chi connectivity index (χ2n) is 6.27. The van der Waals surface area contributed by atoms with Crippen molar-refractivity contribution < 1.29 is 13.2 Å². The van der Waals surface area contributed by atoms with E-state index in [-0.39, 0.29) is 19.0 Å². The Hall–Kier alpha value is -2.59. The summed E-state index contributed by atoms with van der Waals surface area (Å²) in [7, 11) is -3.54. The Bertz CT molecular complexity index is 855. The molecule has 9 nitrogen and oxygen atoms in total. The Labute approximate surface area is 158 Å². The highest BCUT2D eigenvalue weighted by atomic mass is 32.2. The molecule has 1 amide bonds. The Morgan fingerprint density at radius 2 is 1.70 bits per heavy atom. The van der Waals surface area contributed by atoms with Crippen molar-refractivity contribution in [2.75, 3.05) is 43.9 Å². The van der Waals surface area contributed by atoms with Crippen molar-refractivity contribution in [3.63, 3.8) is 0 Å². The molecule has 0 spiro atoms. The topological polar surface area (TPSA) is 99.6 Å². The van der Waals surface area contributed by atoms with Crippen molar-refractivity contribution >= 4 is 21.9 Å². The standard InChI is InChI=1S/C17H22N6O3S/c1-27(25,26)23(13-15-5-2-3-6-18-15)14-16(24)21-9-11-22(12-10-21)17-19-7-4-8-20-17/h2-8H,9-14H2,1H3. The van der Waals surface area contributed by atoms with Crippen LogP contribution >= 0.6 is 0 Å². The number of carbonyl (C=O) groups is 1. The van der Waals surface area contributed by atoms with Gasteiger partial charge >= 0.3 is 0 Å². The Kier molecular flexibility index (Phi) is 5.97. The predicted octanol–water partition coefficient (Wildman–Crippen LogP) is -0.0180. The molecule has 0 radical (unpaired) electrons. The van der Waals surface area contributed by atoms with Gasteiger partial charge in [-0.1, -0.05) is 6.07 Å². The van der Waals surface area contributed by atoms with Crippen LogP contribution in [0.5, 0.6) is 0 Å². The molecule has 3 heterocycles. The summed E-state index contributed by atoms with van der Waals surface area (Å²) in [5.41, 5.74) is 0.599. The summed E-state index contributed by atoms with van der Waals surface area (Å²) in [5, 5.41) is 0. The highest BCUT2D eigenvalue weighted by Gasteiger charge is 2.27. The minimum Gasteiger partial charge on any atom is -0.338 e. The first kappa shape index (κ1) is 19.2. The molecule has 27 heavy (non-hydrogen) atoms. The number of anilines is 1. The molecular weight excluding hydrogens is 368 g/mol. The van der Waals surface area contributed by atoms with Crippen molar-refractivity contribution in [3.8, 4) is 0 Å². The number of aromatic nitrogens is 3. The SMILES string of the molecule is CS(=O)(=O)N(CC(=O)N1CCN(c2ncccn2)CC1)Cc1ccccn1. The van der Waals surface area contributed by atoms with Crippen LogP contribution in [0, 0.1) is 0 Å². The van der Waals surface area contributed by atoms with E-state index in [2.05, 4.69) is 15.0 Å². The van der Waals surface area contributed by atoms with E-state index in [4.69, 9.17) is 0 Å². The van der Waals surface area contributed by atoms with Crippen LogP contribution in [0.15, 0.2) is 42.9 Å². The number of rotatable bonds is 6. The Morgan fingerprint density at radius 1 is 1.04 bits per heavy atom. The fourth-order valence-corrected chi connectivity index (χ4v) is 3.54. The fourth-order valence-electron chi connectivity index (χ4n) is 2.82. The van der Waals surface area contributed by atoms with Crippen molar-refractivity contribution in [2.45, 2.75) is 6.54 Å². The molecule has 1 aliphatic rings. The molecule has 3 rings (SSSR count). The van der Waals surface area contributed by atoms with Gasteiger partial charge in [0, 0.05) is 44.8 Å². The Morgan fingerprint density at radius 3 is 2.30 bits per heavy atom. The van der Waals surface area contributed by atoms with E-state index in [0.29, 0.717) is 37.8 Å². The lowest BCUT2D eigenvalue weighted by atomic mass is 10.3. The van der Waals surface area contributed by atoms with Crippen LogP contribution in [0.1, 0.15) is 5.69 Å². The summed E-state index contributed by atoms with van der Waals surface area (Å²) in [6, 6.07) is 7.04. The number of sulfonamides is 1. The number of nitrogens with zero attached hydrogens (tertiary/aromatic N) is 6. The van der Waals surface area contributed by atoms with Gasteiger partial charge in [0.1, 0.15) is 0 Å². The van der Waals surface area contributed by atoms with Crippen LogP contribution in [0.4, 0.5) is 5.95 Å². The monoisotopic (exact) mass is 390 g/mol. The van der Waals surface area contributed by atoms with Crippen LogP contribution < -0.4 is 4.90 Å². The number of piperazine rings is 1. The summed E-state index contributed by atoms with van der Waals surface area (Å²) in [5.74, 6) is 0.419. The molecule has 1 aliphatic heterocycles. The zero-order valence-corrected chi connectivity index (χ0v) is 15.9. The van der Waals surface area contributed by atoms with Gasteiger partial charge in [0.05, 0.1) is 25.0 Å². The van der Waals surface area contributed by atoms with Crippen molar-refractivity contribution in [3.05, 3.63) is 48.5 Å². The zero-order chi connectivity index (χ0) is 19.3. The maximum atomic E-state index is 12.6. The molecule has 0 aliphatic carbocycles. The van der Waals surface area contributed by atoms with Crippen LogP contribution in [-0.4, -0.2) is 77.5 Å². The molecule has 2 aromatic heterocycles. The lowest BCUT2D eigenvalue weighted by molar-refractivity contribution is -0.131. The highest BCUT2D eigenvalue weighted by molar-refractivity contribution is 7.88. The molecule has 2 aromatic rings. The van der Waals surface area contributed by atoms with Gasteiger partial charge in [0.15, 0.2) is 0 Å². The van der Waals surface area contributed by atoms with Crippen LogP contribution in [-0.2, 0) is 21.4 Å². The van der Waals surface area contributed by atoms with Crippen molar-refractivity contribution in [1.82, 2.24) is 24.2 Å². The smallest absolute Gasteiger partial charge is 0.238 e. The van der Waals surface area contributed by atoms with Gasteiger partial charge in [-0.15, -0.1) is 0 Å². The lowest BCUT2D eigenvalue weighted by Crippen LogP contribution is -2.52. The second kappa shape index (κ2) is 8.40. The van der Waals surface area contributed by atoms with E-state index in [9.17, 15) is 13.2 Å². The first-order valence-corrected chi connectivity index (χ1v) is 10.4. The lowest BCUT2D eigenvalue weighted by Gasteiger charge is -2.35. The highest BCUT2D eigenvalue weighted by Crippen LogP contribution is 2.12. The molecule has 0 unspecified atom stereocenters. The summed E-state index contributed by atoms with van der Waals surface area (Å²) >= 11 is 0. The van der Waals surface area contributed by atoms with Gasteiger partial charge in [0.25, 0.3) is 0 Å². The molecular formula is C17H22N6O3S. The van der Waals surface area contributed by atoms with E-state index in [1.54, 1.807) is 47.8 Å². The van der Waals surface area contributed by atoms with Gasteiger partial charge in [-0.05, 0) is 18.2 Å². The molecule has 10 heteroatoms. The van der Waals surface area contributed by atoms with Gasteiger partial charge in [-0.2, -0.15) is 4.31 Å². The third kappa shape index (κ3) is 5.20. The first-order chi connectivity index (χ1) is 12.9. The normalized spacial score (nSPS) is 15.2.